The van der Waals surface area contributed by atoms with Crippen LogP contribution in [0, 0.1) is 0 Å². The Balaban J connectivity index is 2.29. The number of benzene rings is 1. The molecule has 0 aliphatic heterocycles. The summed E-state index contributed by atoms with van der Waals surface area (Å²) in [7, 11) is -3.93. The van der Waals surface area contributed by atoms with Crippen molar-refractivity contribution in [2.75, 3.05) is 26.2 Å². The summed E-state index contributed by atoms with van der Waals surface area (Å²) in [6, 6.07) is 6.25. The molecular formula is C18H30N4O5S. The van der Waals surface area contributed by atoms with Crippen LogP contribution in [0.5, 0.6) is 0 Å². The lowest BCUT2D eigenvalue weighted by Crippen LogP contribution is -2.48. The van der Waals surface area contributed by atoms with Gasteiger partial charge in [0.2, 0.25) is 15.9 Å². The van der Waals surface area contributed by atoms with Gasteiger partial charge in [0, 0.05) is 26.1 Å². The minimum Gasteiger partial charge on any atom is -0.480 e. The number of carboxylic acid groups (broad SMARTS) is 1. The lowest BCUT2D eigenvalue weighted by atomic mass is 10.1. The van der Waals surface area contributed by atoms with E-state index in [1.165, 1.54) is 12.1 Å². The molecule has 0 saturated heterocycles. The van der Waals surface area contributed by atoms with Crippen LogP contribution in [0.4, 0.5) is 0 Å². The van der Waals surface area contributed by atoms with E-state index in [9.17, 15) is 23.1 Å². The zero-order valence-electron chi connectivity index (χ0n) is 15.9. The summed E-state index contributed by atoms with van der Waals surface area (Å²) in [6.45, 7) is 1.22. The van der Waals surface area contributed by atoms with Crippen molar-refractivity contribution in [3.05, 3.63) is 30.3 Å². The number of carbonyl (C=O) groups is 2. The van der Waals surface area contributed by atoms with E-state index in [1.807, 2.05) is 0 Å². The summed E-state index contributed by atoms with van der Waals surface area (Å²) in [4.78, 5) is 23.0. The van der Waals surface area contributed by atoms with Crippen molar-refractivity contribution in [3.8, 4) is 0 Å². The molecule has 1 aromatic rings. The molecule has 0 spiro atoms. The monoisotopic (exact) mass is 414 g/mol. The highest BCUT2D eigenvalue weighted by Gasteiger charge is 2.24. The van der Waals surface area contributed by atoms with Crippen molar-refractivity contribution in [2.45, 2.75) is 43.0 Å². The van der Waals surface area contributed by atoms with Gasteiger partial charge < -0.3 is 21.5 Å². The third-order valence-corrected chi connectivity index (χ3v) is 5.47. The van der Waals surface area contributed by atoms with Crippen LogP contribution in [0.1, 0.15) is 32.1 Å². The number of rotatable bonds is 15. The predicted octanol–water partition coefficient (Wildman–Crippen LogP) is 0.0331. The molecule has 6 N–H and O–H groups in total. The maximum absolute atomic E-state index is 12.2. The largest absolute Gasteiger partial charge is 0.480 e. The number of sulfonamides is 1. The average Bonchev–Trinajstić information content (AvgIpc) is 2.67. The van der Waals surface area contributed by atoms with E-state index >= 15 is 0 Å². The van der Waals surface area contributed by atoms with E-state index in [0.717, 1.165) is 25.7 Å². The first-order chi connectivity index (χ1) is 13.4. The SMILES string of the molecule is NCCCCCCC(=O)NCCNC[C@H](NS(=O)(=O)c1ccccc1)C(=O)O. The number of amides is 1. The second-order valence-electron chi connectivity index (χ2n) is 6.33. The molecule has 0 saturated carbocycles. The summed E-state index contributed by atoms with van der Waals surface area (Å²) < 4.78 is 26.6. The fourth-order valence-electron chi connectivity index (χ4n) is 2.44. The third kappa shape index (κ3) is 9.79. The summed E-state index contributed by atoms with van der Waals surface area (Å²) >= 11 is 0. The molecule has 1 aromatic carbocycles. The number of hydrogen-bond donors (Lipinski definition) is 5. The molecular weight excluding hydrogens is 384 g/mol. The Bertz CT molecular complexity index is 697. The van der Waals surface area contributed by atoms with Gasteiger partial charge in [0.25, 0.3) is 0 Å². The highest BCUT2D eigenvalue weighted by molar-refractivity contribution is 7.89. The van der Waals surface area contributed by atoms with Gasteiger partial charge in [-0.3, -0.25) is 9.59 Å². The molecule has 0 fully saturated rings. The van der Waals surface area contributed by atoms with Crippen LogP contribution in [0.3, 0.4) is 0 Å². The predicted molar refractivity (Wildman–Crippen MR) is 106 cm³/mol. The van der Waals surface area contributed by atoms with Gasteiger partial charge in [0.1, 0.15) is 6.04 Å². The topological polar surface area (TPSA) is 151 Å². The Labute approximate surface area is 166 Å². The molecule has 10 heteroatoms. The second kappa shape index (κ2) is 13.2. The van der Waals surface area contributed by atoms with Crippen molar-refractivity contribution in [1.82, 2.24) is 15.4 Å². The molecule has 1 amide bonds. The molecule has 0 aromatic heterocycles. The second-order valence-corrected chi connectivity index (χ2v) is 8.05. The minimum atomic E-state index is -3.93. The zero-order chi connectivity index (χ0) is 20.8. The Morgan fingerprint density at radius 1 is 1.04 bits per heavy atom. The Hall–Kier alpha value is -2.01. The van der Waals surface area contributed by atoms with E-state index < -0.39 is 22.0 Å². The first-order valence-electron chi connectivity index (χ1n) is 9.34. The smallest absolute Gasteiger partial charge is 0.323 e. The Morgan fingerprint density at radius 3 is 2.36 bits per heavy atom. The van der Waals surface area contributed by atoms with Gasteiger partial charge in [0.05, 0.1) is 4.90 Å². The summed E-state index contributed by atoms with van der Waals surface area (Å²) in [5.41, 5.74) is 5.41. The van der Waals surface area contributed by atoms with Crippen LogP contribution in [0.15, 0.2) is 35.2 Å². The number of unbranched alkanes of at least 4 members (excludes halogenated alkanes) is 3. The summed E-state index contributed by atoms with van der Waals surface area (Å²) in [5.74, 6) is -1.34. The maximum atomic E-state index is 12.2. The first-order valence-corrected chi connectivity index (χ1v) is 10.8. The van der Waals surface area contributed by atoms with Gasteiger partial charge >= 0.3 is 5.97 Å². The molecule has 0 bridgehead atoms. The minimum absolute atomic E-state index is 0.0000222. The average molecular weight is 415 g/mol. The van der Waals surface area contributed by atoms with Crippen molar-refractivity contribution in [1.29, 1.82) is 0 Å². The quantitative estimate of drug-likeness (QED) is 0.254. The lowest BCUT2D eigenvalue weighted by Gasteiger charge is -2.16. The molecule has 158 valence electrons. The lowest BCUT2D eigenvalue weighted by molar-refractivity contribution is -0.138. The van der Waals surface area contributed by atoms with Gasteiger partial charge in [-0.25, -0.2) is 8.42 Å². The molecule has 0 radical (unpaired) electrons. The third-order valence-electron chi connectivity index (χ3n) is 3.98. The summed E-state index contributed by atoms with van der Waals surface area (Å²) in [6.07, 6.45) is 4.19. The Morgan fingerprint density at radius 2 is 1.71 bits per heavy atom. The number of nitrogens with two attached hydrogens (primary N) is 1. The molecule has 1 atom stereocenters. The standard InChI is InChI=1S/C18H30N4O5S/c19-11-7-2-1-6-10-17(23)21-13-12-20-14-16(18(24)25)22-28(26,27)15-8-4-3-5-9-15/h3-5,8-9,16,20,22H,1-2,6-7,10-14,19H2,(H,21,23)(H,24,25)/t16-/m0/s1. The molecule has 28 heavy (non-hydrogen) atoms. The van der Waals surface area contributed by atoms with E-state index in [0.29, 0.717) is 26.1 Å². The first kappa shape index (κ1) is 24.0. The van der Waals surface area contributed by atoms with Crippen LogP contribution in [0.2, 0.25) is 0 Å². The van der Waals surface area contributed by atoms with Crippen LogP contribution in [0.25, 0.3) is 0 Å². The fourth-order valence-corrected chi connectivity index (χ4v) is 3.65. The summed E-state index contributed by atoms with van der Waals surface area (Å²) in [5, 5.41) is 14.8. The van der Waals surface area contributed by atoms with Crippen molar-refractivity contribution in [2.24, 2.45) is 5.73 Å². The van der Waals surface area contributed by atoms with Crippen molar-refractivity contribution >= 4 is 21.9 Å². The molecule has 0 heterocycles. The highest BCUT2D eigenvalue weighted by Crippen LogP contribution is 2.08. The van der Waals surface area contributed by atoms with E-state index in [1.54, 1.807) is 18.2 Å². The molecule has 1 rings (SSSR count). The van der Waals surface area contributed by atoms with Crippen LogP contribution < -0.4 is 21.1 Å². The Kier molecular flexibility index (Phi) is 11.3. The van der Waals surface area contributed by atoms with Crippen molar-refractivity contribution in [3.63, 3.8) is 0 Å². The van der Waals surface area contributed by atoms with Gasteiger partial charge in [-0.1, -0.05) is 31.0 Å². The highest BCUT2D eigenvalue weighted by atomic mass is 32.2. The van der Waals surface area contributed by atoms with Gasteiger partial charge in [-0.15, -0.1) is 0 Å². The van der Waals surface area contributed by atoms with Crippen LogP contribution in [-0.4, -0.2) is 57.6 Å². The molecule has 0 unspecified atom stereocenters. The number of carbonyl (C=O) groups excluding carboxylic acids is 1. The molecule has 0 aliphatic carbocycles. The van der Waals surface area contributed by atoms with Crippen LogP contribution in [-0.2, 0) is 19.6 Å². The van der Waals surface area contributed by atoms with E-state index in [-0.39, 0.29) is 17.3 Å². The van der Waals surface area contributed by atoms with Crippen LogP contribution >= 0.6 is 0 Å². The zero-order valence-corrected chi connectivity index (χ0v) is 16.7. The maximum Gasteiger partial charge on any atom is 0.323 e. The molecule has 9 nitrogen and oxygen atoms in total. The molecule has 0 aliphatic rings. The number of aliphatic carboxylic acids is 1. The normalized spacial score (nSPS) is 12.5. The van der Waals surface area contributed by atoms with Gasteiger partial charge in [-0.2, -0.15) is 4.72 Å². The van der Waals surface area contributed by atoms with E-state index in [2.05, 4.69) is 15.4 Å². The number of carboxylic acids is 1. The van der Waals surface area contributed by atoms with Crippen molar-refractivity contribution < 1.29 is 23.1 Å². The van der Waals surface area contributed by atoms with Gasteiger partial charge in [-0.05, 0) is 31.5 Å². The fraction of sp³-hybridized carbons (Fsp3) is 0.556. The number of hydrogen-bond acceptors (Lipinski definition) is 6. The number of nitrogens with one attached hydrogen (secondary N) is 3. The van der Waals surface area contributed by atoms with Gasteiger partial charge in [0.15, 0.2) is 0 Å². The van der Waals surface area contributed by atoms with E-state index in [4.69, 9.17) is 5.73 Å².